The second-order valence-electron chi connectivity index (χ2n) is 15.7. The zero-order valence-corrected chi connectivity index (χ0v) is 34.5. The maximum absolute atomic E-state index is 13.2. The van der Waals surface area contributed by atoms with E-state index < -0.39 is 23.9 Å². The molecule has 1 rings (SSSR count). The van der Waals surface area contributed by atoms with Gasteiger partial charge in [-0.25, -0.2) is 38.7 Å². The summed E-state index contributed by atoms with van der Waals surface area (Å²) in [6.07, 6.45) is 38.3. The largest absolute Gasteiger partial charge is 0.359 e. The van der Waals surface area contributed by atoms with Crippen molar-refractivity contribution in [3.05, 3.63) is 12.2 Å². The van der Waals surface area contributed by atoms with Gasteiger partial charge in [-0.1, -0.05) is 187 Å². The molecule has 0 amide bonds. The molecule has 8 nitrogen and oxygen atoms in total. The monoisotopic (exact) mass is 749 g/mol. The molecule has 0 aromatic heterocycles. The van der Waals surface area contributed by atoms with E-state index in [1.54, 1.807) is 0 Å². The Kier molecular flexibility index (Phi) is 32.4. The minimum Gasteiger partial charge on any atom is -0.247 e. The van der Waals surface area contributed by atoms with Gasteiger partial charge >= 0.3 is 23.9 Å². The van der Waals surface area contributed by atoms with Crippen molar-refractivity contribution in [2.75, 3.05) is 0 Å². The molecule has 1 aliphatic carbocycles. The molecule has 0 N–H and O–H groups in total. The predicted molar refractivity (Wildman–Crippen MR) is 213 cm³/mol. The molecule has 0 fully saturated rings. The van der Waals surface area contributed by atoms with Crippen molar-refractivity contribution >= 4 is 23.9 Å². The molecule has 3 unspecified atom stereocenters. The van der Waals surface area contributed by atoms with Crippen LogP contribution in [0.15, 0.2) is 12.2 Å². The van der Waals surface area contributed by atoms with Crippen LogP contribution in [0.4, 0.5) is 0 Å². The smallest absolute Gasteiger partial charge is 0.247 e. The van der Waals surface area contributed by atoms with E-state index in [1.165, 1.54) is 89.9 Å². The van der Waals surface area contributed by atoms with Gasteiger partial charge in [-0.2, -0.15) is 0 Å². The van der Waals surface area contributed by atoms with Crippen molar-refractivity contribution in [3.63, 3.8) is 0 Å². The molecule has 8 heteroatoms. The lowest BCUT2D eigenvalue weighted by atomic mass is 9.75. The second-order valence-corrected chi connectivity index (χ2v) is 15.7. The summed E-state index contributed by atoms with van der Waals surface area (Å²) in [5.74, 6) is -1.70. The summed E-state index contributed by atoms with van der Waals surface area (Å²) in [4.78, 5) is 68.9. The normalized spacial score (nSPS) is 16.7. The van der Waals surface area contributed by atoms with Gasteiger partial charge in [0, 0.05) is 0 Å². The molecule has 308 valence electrons. The van der Waals surface area contributed by atoms with Crippen LogP contribution in [0.2, 0.25) is 0 Å². The van der Waals surface area contributed by atoms with Gasteiger partial charge < -0.3 is 0 Å². The molecule has 0 bridgehead atoms. The minimum absolute atomic E-state index is 0.0822. The fourth-order valence-electron chi connectivity index (χ4n) is 7.34. The molecule has 0 saturated carbocycles. The zero-order valence-electron chi connectivity index (χ0n) is 34.5. The van der Waals surface area contributed by atoms with Crippen molar-refractivity contribution in [1.29, 1.82) is 0 Å². The number of rotatable bonds is 34. The average molecular weight is 749 g/mol. The average Bonchev–Trinajstić information content (AvgIpc) is 3.16. The van der Waals surface area contributed by atoms with Crippen molar-refractivity contribution in [2.45, 2.75) is 233 Å². The first-order chi connectivity index (χ1) is 25.9. The summed E-state index contributed by atoms with van der Waals surface area (Å²) in [7, 11) is 0. The maximum Gasteiger partial charge on any atom is 0.359 e. The van der Waals surface area contributed by atoms with Crippen LogP contribution in [-0.2, 0) is 38.7 Å². The van der Waals surface area contributed by atoms with Crippen LogP contribution in [0.5, 0.6) is 0 Å². The number of allylic oxidation sites excluding steroid dienone is 2. The van der Waals surface area contributed by atoms with E-state index >= 15 is 0 Å². The summed E-state index contributed by atoms with van der Waals surface area (Å²) in [5, 5.41) is 0. The first-order valence-corrected chi connectivity index (χ1v) is 22.4. The molecule has 53 heavy (non-hydrogen) atoms. The topological polar surface area (TPSA) is 105 Å². The van der Waals surface area contributed by atoms with Gasteiger partial charge in [0.05, 0.1) is 25.2 Å². The number of unbranched alkanes of at least 4 members (excludes halogenated alkanes) is 23. The highest BCUT2D eigenvalue weighted by Crippen LogP contribution is 2.35. The molecule has 1 aliphatic rings. The lowest BCUT2D eigenvalue weighted by Gasteiger charge is -2.30. The van der Waals surface area contributed by atoms with Crippen LogP contribution in [0.1, 0.15) is 233 Å². The summed E-state index contributed by atoms with van der Waals surface area (Å²) in [6, 6.07) is 0. The van der Waals surface area contributed by atoms with E-state index in [1.807, 2.05) is 0 Å². The fourth-order valence-corrected chi connectivity index (χ4v) is 7.34. The van der Waals surface area contributed by atoms with Crippen molar-refractivity contribution < 1.29 is 38.7 Å². The van der Waals surface area contributed by atoms with Gasteiger partial charge in [-0.3, -0.25) is 0 Å². The van der Waals surface area contributed by atoms with Crippen LogP contribution in [-0.4, -0.2) is 23.9 Å². The van der Waals surface area contributed by atoms with Crippen molar-refractivity contribution in [1.82, 2.24) is 0 Å². The molecule has 0 spiro atoms. The Bertz CT molecular complexity index is 947. The SMILES string of the molecule is CCCCCCCCCCCC(=O)OOC(=O)CCCCCCCCC1C=CC(CCCCC)CC1C(=O)OOC(=O)CCCCCCCCCCC. The van der Waals surface area contributed by atoms with Crippen molar-refractivity contribution in [2.24, 2.45) is 17.8 Å². The fraction of sp³-hybridized carbons (Fsp3) is 0.867. The number of carbonyl (C=O) groups is 4. The number of hydrogen-bond acceptors (Lipinski definition) is 8. The standard InChI is InChI=1S/C45H80O8/c1-4-7-10-12-14-16-18-23-28-33-42(46)50-51-43(47)34-29-25-21-20-22-27-32-40-37-36-39(31-26-9-6-3)38-41(40)45(49)53-52-44(48)35-30-24-19-17-15-13-11-8-5-2/h36-37,39-41H,4-35,38H2,1-3H3. The molecular formula is C45H80O8. The highest BCUT2D eigenvalue weighted by molar-refractivity contribution is 5.75. The second kappa shape index (κ2) is 35.3. The van der Waals surface area contributed by atoms with Gasteiger partial charge in [0.2, 0.25) is 0 Å². The molecule has 0 heterocycles. The minimum atomic E-state index is -0.491. The Morgan fingerprint density at radius 1 is 0.415 bits per heavy atom. The molecule has 0 aromatic carbocycles. The van der Waals surface area contributed by atoms with Gasteiger partial charge in [0.25, 0.3) is 0 Å². The Morgan fingerprint density at radius 3 is 1.19 bits per heavy atom. The first-order valence-electron chi connectivity index (χ1n) is 22.4. The van der Waals surface area contributed by atoms with Crippen LogP contribution >= 0.6 is 0 Å². The molecule has 0 aromatic rings. The highest BCUT2D eigenvalue weighted by atomic mass is 17.2. The quantitative estimate of drug-likeness (QED) is 0.0277. The Hall–Kier alpha value is -2.38. The zero-order chi connectivity index (χ0) is 38.6. The molecular weight excluding hydrogens is 668 g/mol. The lowest BCUT2D eigenvalue weighted by Crippen LogP contribution is -2.30. The van der Waals surface area contributed by atoms with Gasteiger partial charge in [0.1, 0.15) is 0 Å². The summed E-state index contributed by atoms with van der Waals surface area (Å²) in [6.45, 7) is 6.65. The van der Waals surface area contributed by atoms with Crippen LogP contribution in [0, 0.1) is 17.8 Å². The van der Waals surface area contributed by atoms with E-state index in [0.29, 0.717) is 12.3 Å². The molecule has 3 atom stereocenters. The van der Waals surface area contributed by atoms with Crippen LogP contribution in [0.3, 0.4) is 0 Å². The van der Waals surface area contributed by atoms with Crippen LogP contribution < -0.4 is 0 Å². The van der Waals surface area contributed by atoms with E-state index in [9.17, 15) is 19.2 Å². The van der Waals surface area contributed by atoms with E-state index in [0.717, 1.165) is 96.3 Å². The molecule has 0 aliphatic heterocycles. The van der Waals surface area contributed by atoms with E-state index in [2.05, 4.69) is 32.9 Å². The Balaban J connectivity index is 2.23. The highest BCUT2D eigenvalue weighted by Gasteiger charge is 2.34. The van der Waals surface area contributed by atoms with E-state index in [-0.39, 0.29) is 31.1 Å². The third-order valence-corrected chi connectivity index (χ3v) is 10.8. The van der Waals surface area contributed by atoms with Gasteiger partial charge in [-0.05, 0) is 50.4 Å². The first kappa shape index (κ1) is 48.6. The van der Waals surface area contributed by atoms with Crippen molar-refractivity contribution in [3.8, 4) is 0 Å². The third kappa shape index (κ3) is 28.7. The summed E-state index contributed by atoms with van der Waals surface area (Å²) < 4.78 is 0. The predicted octanol–water partition coefficient (Wildman–Crippen LogP) is 13.3. The molecule has 0 radical (unpaired) electrons. The Labute approximate surface area is 324 Å². The Morgan fingerprint density at radius 2 is 0.755 bits per heavy atom. The van der Waals surface area contributed by atoms with Gasteiger partial charge in [-0.15, -0.1) is 0 Å². The summed E-state index contributed by atoms with van der Waals surface area (Å²) in [5.41, 5.74) is 0. The van der Waals surface area contributed by atoms with Crippen LogP contribution in [0.25, 0.3) is 0 Å². The number of hydrogen-bond donors (Lipinski definition) is 0. The van der Waals surface area contributed by atoms with Gasteiger partial charge in [0.15, 0.2) is 0 Å². The summed E-state index contributed by atoms with van der Waals surface area (Å²) >= 11 is 0. The maximum atomic E-state index is 13.2. The lowest BCUT2D eigenvalue weighted by molar-refractivity contribution is -0.263. The number of carbonyl (C=O) groups excluding carboxylic acids is 4. The van der Waals surface area contributed by atoms with E-state index in [4.69, 9.17) is 19.6 Å². The molecule has 0 saturated heterocycles. The third-order valence-electron chi connectivity index (χ3n) is 10.8.